The first-order chi connectivity index (χ1) is 9.88. The van der Waals surface area contributed by atoms with Crippen molar-refractivity contribution in [3.63, 3.8) is 0 Å². The zero-order valence-electron chi connectivity index (χ0n) is 11.3. The quantitative estimate of drug-likeness (QED) is 0.869. The molecule has 1 heterocycles. The summed E-state index contributed by atoms with van der Waals surface area (Å²) >= 11 is 0. The minimum absolute atomic E-state index is 0.210. The van der Waals surface area contributed by atoms with Gasteiger partial charge in [0.2, 0.25) is 0 Å². The number of aromatic nitrogens is 1. The van der Waals surface area contributed by atoms with Crippen molar-refractivity contribution in [2.45, 2.75) is 12.7 Å². The van der Waals surface area contributed by atoms with E-state index in [0.29, 0.717) is 12.2 Å². The van der Waals surface area contributed by atoms with Crippen molar-refractivity contribution in [1.82, 2.24) is 9.88 Å². The molecule has 0 aliphatic carbocycles. The predicted molar refractivity (Wildman–Crippen MR) is 71.5 cm³/mol. The Balaban J connectivity index is 2.09. The van der Waals surface area contributed by atoms with Gasteiger partial charge in [-0.3, -0.25) is 9.78 Å². The van der Waals surface area contributed by atoms with E-state index in [1.54, 1.807) is 31.4 Å². The maximum atomic E-state index is 12.5. The van der Waals surface area contributed by atoms with Crippen molar-refractivity contribution in [2.75, 3.05) is 7.05 Å². The molecule has 21 heavy (non-hydrogen) atoms. The van der Waals surface area contributed by atoms with Crippen LogP contribution in [0.15, 0.2) is 48.7 Å². The highest BCUT2D eigenvalue weighted by molar-refractivity contribution is 5.94. The average molecular weight is 294 g/mol. The molecule has 0 aliphatic heterocycles. The molecule has 0 radical (unpaired) electrons. The fourth-order valence-electron chi connectivity index (χ4n) is 1.83. The van der Waals surface area contributed by atoms with Crippen LogP contribution in [0.4, 0.5) is 13.2 Å². The van der Waals surface area contributed by atoms with E-state index in [4.69, 9.17) is 0 Å². The highest BCUT2D eigenvalue weighted by Crippen LogP contribution is 2.29. The van der Waals surface area contributed by atoms with Crippen molar-refractivity contribution >= 4 is 5.91 Å². The fourth-order valence-corrected chi connectivity index (χ4v) is 1.83. The number of carbonyl (C=O) groups is 1. The number of halogens is 3. The van der Waals surface area contributed by atoms with Gasteiger partial charge in [0.15, 0.2) is 0 Å². The number of alkyl halides is 3. The van der Waals surface area contributed by atoms with Crippen LogP contribution in [-0.2, 0) is 12.7 Å². The Morgan fingerprint density at radius 1 is 1.14 bits per heavy atom. The van der Waals surface area contributed by atoms with Gasteiger partial charge in [0.1, 0.15) is 0 Å². The van der Waals surface area contributed by atoms with E-state index in [1.807, 2.05) is 0 Å². The fraction of sp³-hybridized carbons (Fsp3) is 0.200. The van der Waals surface area contributed by atoms with Crippen molar-refractivity contribution in [2.24, 2.45) is 0 Å². The van der Waals surface area contributed by atoms with Gasteiger partial charge in [-0.2, -0.15) is 13.2 Å². The molecule has 0 bridgehead atoms. The molecule has 0 unspecified atom stereocenters. The second kappa shape index (κ2) is 5.95. The largest absolute Gasteiger partial charge is 0.416 e. The van der Waals surface area contributed by atoms with Crippen molar-refractivity contribution in [1.29, 1.82) is 0 Å². The Bertz CT molecular complexity index is 609. The zero-order valence-corrected chi connectivity index (χ0v) is 11.3. The smallest absolute Gasteiger partial charge is 0.336 e. The summed E-state index contributed by atoms with van der Waals surface area (Å²) in [6.45, 7) is 0.292. The summed E-state index contributed by atoms with van der Waals surface area (Å²) < 4.78 is 37.4. The SMILES string of the molecule is CN(Cc1ccccn1)C(=O)c1ccc(C(F)(F)F)cc1. The summed E-state index contributed by atoms with van der Waals surface area (Å²) in [6.07, 6.45) is -2.78. The molecule has 1 aromatic carbocycles. The lowest BCUT2D eigenvalue weighted by atomic mass is 10.1. The first-order valence-electron chi connectivity index (χ1n) is 6.20. The Morgan fingerprint density at radius 3 is 2.33 bits per heavy atom. The highest BCUT2D eigenvalue weighted by atomic mass is 19.4. The van der Waals surface area contributed by atoms with Crippen molar-refractivity contribution < 1.29 is 18.0 Å². The molecule has 0 spiro atoms. The summed E-state index contributed by atoms with van der Waals surface area (Å²) in [6, 6.07) is 9.51. The maximum absolute atomic E-state index is 12.5. The van der Waals surface area contributed by atoms with Crippen LogP contribution in [0.5, 0.6) is 0 Å². The molecular weight excluding hydrogens is 281 g/mol. The molecule has 0 saturated heterocycles. The number of hydrogen-bond acceptors (Lipinski definition) is 2. The van der Waals surface area contributed by atoms with Gasteiger partial charge < -0.3 is 4.90 Å². The van der Waals surface area contributed by atoms with Crippen LogP contribution in [0.1, 0.15) is 21.6 Å². The lowest BCUT2D eigenvalue weighted by Crippen LogP contribution is -2.26. The number of pyridine rings is 1. The van der Waals surface area contributed by atoms with E-state index in [9.17, 15) is 18.0 Å². The van der Waals surface area contributed by atoms with Gasteiger partial charge in [-0.1, -0.05) is 6.07 Å². The summed E-state index contributed by atoms with van der Waals surface area (Å²) in [4.78, 5) is 17.6. The molecule has 6 heteroatoms. The third-order valence-corrected chi connectivity index (χ3v) is 2.93. The number of carbonyl (C=O) groups excluding carboxylic acids is 1. The van der Waals surface area contributed by atoms with Gasteiger partial charge in [-0.05, 0) is 36.4 Å². The van der Waals surface area contributed by atoms with Crippen LogP contribution >= 0.6 is 0 Å². The zero-order chi connectivity index (χ0) is 15.5. The minimum Gasteiger partial charge on any atom is -0.336 e. The van der Waals surface area contributed by atoms with Crippen LogP contribution in [0.2, 0.25) is 0 Å². The standard InChI is InChI=1S/C15H13F3N2O/c1-20(10-13-4-2-3-9-19-13)14(21)11-5-7-12(8-6-11)15(16,17)18/h2-9H,10H2,1H3. The van der Waals surface area contributed by atoms with Crippen LogP contribution < -0.4 is 0 Å². The number of benzene rings is 1. The third kappa shape index (κ3) is 3.81. The first kappa shape index (κ1) is 15.0. The monoisotopic (exact) mass is 294 g/mol. The Hall–Kier alpha value is -2.37. The molecule has 2 rings (SSSR count). The van der Waals surface area contributed by atoms with E-state index in [0.717, 1.165) is 12.1 Å². The Kier molecular flexibility index (Phi) is 4.26. The molecule has 2 aromatic rings. The van der Waals surface area contributed by atoms with Gasteiger partial charge in [0.05, 0.1) is 17.8 Å². The van der Waals surface area contributed by atoms with Gasteiger partial charge in [-0.15, -0.1) is 0 Å². The minimum atomic E-state index is -4.40. The average Bonchev–Trinajstić information content (AvgIpc) is 2.46. The maximum Gasteiger partial charge on any atom is 0.416 e. The van der Waals surface area contributed by atoms with Crippen LogP contribution in [0.25, 0.3) is 0 Å². The lowest BCUT2D eigenvalue weighted by Gasteiger charge is -2.17. The molecule has 0 atom stereocenters. The number of amides is 1. The van der Waals surface area contributed by atoms with Crippen molar-refractivity contribution in [3.05, 3.63) is 65.5 Å². The summed E-state index contributed by atoms with van der Waals surface area (Å²) in [5.74, 6) is -0.352. The van der Waals surface area contributed by atoms with Gasteiger partial charge in [-0.25, -0.2) is 0 Å². The second-order valence-corrected chi connectivity index (χ2v) is 4.56. The van der Waals surface area contributed by atoms with Crippen LogP contribution in [0, 0.1) is 0 Å². The summed E-state index contributed by atoms with van der Waals surface area (Å²) in [7, 11) is 1.58. The Morgan fingerprint density at radius 2 is 1.81 bits per heavy atom. The number of hydrogen-bond donors (Lipinski definition) is 0. The van der Waals surface area contributed by atoms with E-state index >= 15 is 0 Å². The number of nitrogens with zero attached hydrogens (tertiary/aromatic N) is 2. The molecule has 0 saturated carbocycles. The molecule has 110 valence electrons. The number of rotatable bonds is 3. The lowest BCUT2D eigenvalue weighted by molar-refractivity contribution is -0.137. The summed E-state index contributed by atoms with van der Waals surface area (Å²) in [5.41, 5.74) is 0.146. The second-order valence-electron chi connectivity index (χ2n) is 4.56. The predicted octanol–water partition coefficient (Wildman–Crippen LogP) is 3.37. The molecule has 0 aliphatic rings. The summed E-state index contributed by atoms with van der Waals surface area (Å²) in [5, 5.41) is 0. The molecule has 3 nitrogen and oxygen atoms in total. The topological polar surface area (TPSA) is 33.2 Å². The van der Waals surface area contributed by atoms with Gasteiger partial charge in [0.25, 0.3) is 5.91 Å². The van der Waals surface area contributed by atoms with E-state index < -0.39 is 11.7 Å². The molecule has 0 fully saturated rings. The normalized spacial score (nSPS) is 11.2. The molecule has 0 N–H and O–H groups in total. The Labute approximate surface area is 120 Å². The van der Waals surface area contributed by atoms with Crippen molar-refractivity contribution in [3.8, 4) is 0 Å². The first-order valence-corrected chi connectivity index (χ1v) is 6.20. The molecule has 1 amide bonds. The third-order valence-electron chi connectivity index (χ3n) is 2.93. The molecule has 1 aromatic heterocycles. The van der Waals surface area contributed by atoms with Crippen LogP contribution in [0.3, 0.4) is 0 Å². The van der Waals surface area contributed by atoms with Gasteiger partial charge >= 0.3 is 6.18 Å². The van der Waals surface area contributed by atoms with Gasteiger partial charge in [0, 0.05) is 18.8 Å². The van der Waals surface area contributed by atoms with E-state index in [-0.39, 0.29) is 11.5 Å². The highest BCUT2D eigenvalue weighted by Gasteiger charge is 2.30. The van der Waals surface area contributed by atoms with E-state index in [1.165, 1.54) is 17.0 Å². The van der Waals surface area contributed by atoms with Crippen LogP contribution in [-0.4, -0.2) is 22.8 Å². The molecular formula is C15H13F3N2O. The van der Waals surface area contributed by atoms with E-state index in [2.05, 4.69) is 4.98 Å².